The second kappa shape index (κ2) is 11.1. The van der Waals surface area contributed by atoms with Crippen molar-refractivity contribution in [1.82, 2.24) is 10.2 Å². The van der Waals surface area contributed by atoms with Gasteiger partial charge in [0.1, 0.15) is 0 Å². The molecule has 1 aliphatic heterocycles. The van der Waals surface area contributed by atoms with E-state index in [0.717, 1.165) is 44.3 Å². The van der Waals surface area contributed by atoms with E-state index < -0.39 is 0 Å². The number of halogens is 1. The van der Waals surface area contributed by atoms with Gasteiger partial charge < -0.3 is 16.0 Å². The summed E-state index contributed by atoms with van der Waals surface area (Å²) in [6, 6.07) is 9.37. The Kier molecular flexibility index (Phi) is 9.53. The Balaban J connectivity index is 0.00000312. The molecule has 1 aromatic carbocycles. The molecule has 0 aliphatic carbocycles. The van der Waals surface area contributed by atoms with E-state index in [1.54, 1.807) is 0 Å². The molecule has 25 heavy (non-hydrogen) atoms. The maximum absolute atomic E-state index is 12.3. The zero-order valence-corrected chi connectivity index (χ0v) is 15.8. The monoisotopic (exact) mass is 367 g/mol. The third kappa shape index (κ3) is 6.67. The standard InChI is InChI=1S/C19H29N3O2.ClH/c1-15(18(20)16-9-4-2-5-10-16)19(24)21-12-8-14-22-13-7-3-6-11-17(22)23;/h2,4-5,9-10,15,18H,3,6-8,11-14,20H2,1H3,(H,21,24);1H. The summed E-state index contributed by atoms with van der Waals surface area (Å²) in [5.41, 5.74) is 7.15. The molecule has 2 amide bonds. The van der Waals surface area contributed by atoms with Crippen LogP contribution in [0.15, 0.2) is 30.3 Å². The molecule has 6 heteroatoms. The molecule has 1 saturated heterocycles. The normalized spacial score (nSPS) is 17.2. The van der Waals surface area contributed by atoms with Gasteiger partial charge in [0.15, 0.2) is 0 Å². The lowest BCUT2D eigenvalue weighted by Gasteiger charge is -2.22. The summed E-state index contributed by atoms with van der Waals surface area (Å²) in [7, 11) is 0. The van der Waals surface area contributed by atoms with Gasteiger partial charge in [-0.25, -0.2) is 0 Å². The van der Waals surface area contributed by atoms with Gasteiger partial charge in [-0.3, -0.25) is 9.59 Å². The minimum Gasteiger partial charge on any atom is -0.356 e. The van der Waals surface area contributed by atoms with Crippen LogP contribution < -0.4 is 11.1 Å². The van der Waals surface area contributed by atoms with E-state index in [9.17, 15) is 9.59 Å². The highest BCUT2D eigenvalue weighted by Gasteiger charge is 2.22. The third-order valence-electron chi connectivity index (χ3n) is 4.71. The summed E-state index contributed by atoms with van der Waals surface area (Å²) in [4.78, 5) is 26.1. The highest BCUT2D eigenvalue weighted by atomic mass is 35.5. The summed E-state index contributed by atoms with van der Waals surface area (Å²) < 4.78 is 0. The van der Waals surface area contributed by atoms with E-state index >= 15 is 0 Å². The number of hydrogen-bond acceptors (Lipinski definition) is 3. The van der Waals surface area contributed by atoms with Gasteiger partial charge in [0.25, 0.3) is 0 Å². The van der Waals surface area contributed by atoms with Crippen molar-refractivity contribution in [3.05, 3.63) is 35.9 Å². The van der Waals surface area contributed by atoms with Crippen LogP contribution in [0.3, 0.4) is 0 Å². The fourth-order valence-corrected chi connectivity index (χ4v) is 3.04. The molecule has 3 N–H and O–H groups in total. The van der Waals surface area contributed by atoms with Gasteiger partial charge in [0.2, 0.25) is 11.8 Å². The molecule has 0 radical (unpaired) electrons. The van der Waals surface area contributed by atoms with Crippen molar-refractivity contribution >= 4 is 24.2 Å². The number of carbonyl (C=O) groups is 2. The summed E-state index contributed by atoms with van der Waals surface area (Å²) in [5, 5.41) is 2.95. The Morgan fingerprint density at radius 1 is 1.24 bits per heavy atom. The van der Waals surface area contributed by atoms with E-state index in [2.05, 4.69) is 5.32 Å². The molecule has 2 atom stereocenters. The van der Waals surface area contributed by atoms with Gasteiger partial charge in [0, 0.05) is 32.1 Å². The molecule has 1 heterocycles. The summed E-state index contributed by atoms with van der Waals surface area (Å²) in [5.74, 6) is -0.0703. The molecule has 1 aromatic rings. The van der Waals surface area contributed by atoms with Crippen molar-refractivity contribution < 1.29 is 9.59 Å². The maximum Gasteiger partial charge on any atom is 0.224 e. The number of benzene rings is 1. The second-order valence-electron chi connectivity index (χ2n) is 6.56. The van der Waals surface area contributed by atoms with Crippen molar-refractivity contribution in [1.29, 1.82) is 0 Å². The van der Waals surface area contributed by atoms with Gasteiger partial charge in [0.05, 0.1) is 5.92 Å². The van der Waals surface area contributed by atoms with Crippen LogP contribution in [0.1, 0.15) is 50.6 Å². The van der Waals surface area contributed by atoms with E-state index in [1.165, 1.54) is 0 Å². The fourth-order valence-electron chi connectivity index (χ4n) is 3.04. The Bertz CT molecular complexity index is 539. The number of likely N-dealkylation sites (tertiary alicyclic amines) is 1. The molecular formula is C19H30ClN3O2. The first kappa shape index (κ1) is 21.5. The molecule has 140 valence electrons. The van der Waals surface area contributed by atoms with Gasteiger partial charge in [-0.1, -0.05) is 43.7 Å². The quantitative estimate of drug-likeness (QED) is 0.727. The second-order valence-corrected chi connectivity index (χ2v) is 6.56. The highest BCUT2D eigenvalue weighted by molar-refractivity contribution is 5.85. The number of nitrogens with zero attached hydrogens (tertiary/aromatic N) is 1. The van der Waals surface area contributed by atoms with E-state index in [0.29, 0.717) is 13.0 Å². The predicted molar refractivity (Wildman–Crippen MR) is 102 cm³/mol. The van der Waals surface area contributed by atoms with Gasteiger partial charge in [-0.15, -0.1) is 12.4 Å². The largest absolute Gasteiger partial charge is 0.356 e. The molecule has 5 nitrogen and oxygen atoms in total. The number of carbonyl (C=O) groups excluding carboxylic acids is 2. The van der Waals surface area contributed by atoms with Crippen LogP contribution in [-0.4, -0.2) is 36.3 Å². The Morgan fingerprint density at radius 3 is 2.68 bits per heavy atom. The summed E-state index contributed by atoms with van der Waals surface area (Å²) in [6.45, 7) is 4.00. The maximum atomic E-state index is 12.3. The topological polar surface area (TPSA) is 75.4 Å². The van der Waals surface area contributed by atoms with Crippen molar-refractivity contribution in [3.8, 4) is 0 Å². The molecule has 0 aromatic heterocycles. The van der Waals surface area contributed by atoms with Gasteiger partial charge in [-0.2, -0.15) is 0 Å². The molecule has 0 bridgehead atoms. The lowest BCUT2D eigenvalue weighted by molar-refractivity contribution is -0.130. The van der Waals surface area contributed by atoms with E-state index in [-0.39, 0.29) is 36.2 Å². The first-order chi connectivity index (χ1) is 11.6. The number of nitrogens with two attached hydrogens (primary N) is 1. The smallest absolute Gasteiger partial charge is 0.224 e. The minimum atomic E-state index is -0.307. The first-order valence-electron chi connectivity index (χ1n) is 8.95. The minimum absolute atomic E-state index is 0. The molecule has 0 saturated carbocycles. The van der Waals surface area contributed by atoms with Crippen molar-refractivity contribution in [3.63, 3.8) is 0 Å². The van der Waals surface area contributed by atoms with Crippen LogP contribution in [0.4, 0.5) is 0 Å². The third-order valence-corrected chi connectivity index (χ3v) is 4.71. The summed E-state index contributed by atoms with van der Waals surface area (Å²) >= 11 is 0. The predicted octanol–water partition coefficient (Wildman–Crippen LogP) is 2.65. The highest BCUT2D eigenvalue weighted by Crippen LogP contribution is 2.19. The van der Waals surface area contributed by atoms with Crippen molar-refractivity contribution in [2.45, 2.75) is 45.1 Å². The van der Waals surface area contributed by atoms with Crippen LogP contribution in [0, 0.1) is 5.92 Å². The van der Waals surface area contributed by atoms with Crippen LogP contribution >= 0.6 is 12.4 Å². The molecule has 1 fully saturated rings. The SMILES string of the molecule is CC(C(=O)NCCCN1CCCCCC1=O)C(N)c1ccccc1.Cl. The number of amides is 2. The van der Waals surface area contributed by atoms with E-state index in [4.69, 9.17) is 5.73 Å². The van der Waals surface area contributed by atoms with Crippen molar-refractivity contribution in [2.75, 3.05) is 19.6 Å². The number of nitrogens with one attached hydrogen (secondary N) is 1. The van der Waals surface area contributed by atoms with Gasteiger partial charge >= 0.3 is 0 Å². The summed E-state index contributed by atoms with van der Waals surface area (Å²) in [6.07, 6.45) is 4.66. The zero-order valence-electron chi connectivity index (χ0n) is 14.9. The number of rotatable bonds is 7. The van der Waals surface area contributed by atoms with Crippen molar-refractivity contribution in [2.24, 2.45) is 11.7 Å². The van der Waals surface area contributed by atoms with E-state index in [1.807, 2.05) is 42.2 Å². The average Bonchev–Trinajstić information content (AvgIpc) is 2.82. The molecule has 1 aliphatic rings. The Hall–Kier alpha value is -1.59. The Labute approximate surface area is 156 Å². The first-order valence-corrected chi connectivity index (χ1v) is 8.95. The van der Waals surface area contributed by atoms with Gasteiger partial charge in [-0.05, 0) is 24.8 Å². The average molecular weight is 368 g/mol. The van der Waals surface area contributed by atoms with Crippen LogP contribution in [0.5, 0.6) is 0 Å². The lowest BCUT2D eigenvalue weighted by atomic mass is 9.95. The van der Waals surface area contributed by atoms with Crippen LogP contribution in [0.25, 0.3) is 0 Å². The zero-order chi connectivity index (χ0) is 17.4. The lowest BCUT2D eigenvalue weighted by Crippen LogP contribution is -2.38. The molecular weight excluding hydrogens is 338 g/mol. The fraction of sp³-hybridized carbons (Fsp3) is 0.579. The Morgan fingerprint density at radius 2 is 1.96 bits per heavy atom. The molecule has 2 rings (SSSR count). The van der Waals surface area contributed by atoms with Crippen LogP contribution in [-0.2, 0) is 9.59 Å². The molecule has 2 unspecified atom stereocenters. The number of hydrogen-bond donors (Lipinski definition) is 2. The van der Waals surface area contributed by atoms with Crippen LogP contribution in [0.2, 0.25) is 0 Å². The molecule has 0 spiro atoms.